The molecule has 0 saturated heterocycles. The van der Waals surface area contributed by atoms with Crippen molar-refractivity contribution in [2.75, 3.05) is 7.11 Å². The zero-order chi connectivity index (χ0) is 19.8. The maximum absolute atomic E-state index is 13.0. The SMILES string of the molecule is COC(=O)CCCC(C)(C)c1ccc2c(c1)C(=O)c1ccc(C)cc1C2=O. The number of hydrogen-bond donors (Lipinski definition) is 0. The molecule has 0 aliphatic heterocycles. The Morgan fingerprint density at radius 3 is 2.15 bits per heavy atom. The van der Waals surface area contributed by atoms with Crippen LogP contribution in [-0.2, 0) is 14.9 Å². The molecule has 0 amide bonds. The molecule has 2 aromatic rings. The lowest BCUT2D eigenvalue weighted by Crippen LogP contribution is -2.24. The van der Waals surface area contributed by atoms with Crippen LogP contribution in [-0.4, -0.2) is 24.6 Å². The summed E-state index contributed by atoms with van der Waals surface area (Å²) in [6.45, 7) is 6.07. The summed E-state index contributed by atoms with van der Waals surface area (Å²) in [6.07, 6.45) is 1.85. The van der Waals surface area contributed by atoms with Crippen LogP contribution in [0.1, 0.15) is 76.1 Å². The highest BCUT2D eigenvalue weighted by molar-refractivity contribution is 6.28. The topological polar surface area (TPSA) is 60.4 Å². The number of carbonyl (C=O) groups is 3. The lowest BCUT2D eigenvalue weighted by atomic mass is 9.76. The van der Waals surface area contributed by atoms with Crippen LogP contribution in [0.5, 0.6) is 0 Å². The predicted molar refractivity (Wildman–Crippen MR) is 103 cm³/mol. The first-order chi connectivity index (χ1) is 12.7. The Kier molecular flexibility index (Phi) is 5.01. The van der Waals surface area contributed by atoms with Crippen molar-refractivity contribution in [3.05, 3.63) is 69.8 Å². The minimum atomic E-state index is -0.222. The van der Waals surface area contributed by atoms with E-state index >= 15 is 0 Å². The summed E-state index contributed by atoms with van der Waals surface area (Å²) in [4.78, 5) is 37.2. The van der Waals surface area contributed by atoms with Crippen LogP contribution in [0.25, 0.3) is 0 Å². The molecule has 0 spiro atoms. The molecule has 4 nitrogen and oxygen atoms in total. The van der Waals surface area contributed by atoms with Gasteiger partial charge in [-0.1, -0.05) is 37.6 Å². The van der Waals surface area contributed by atoms with Gasteiger partial charge in [-0.05, 0) is 48.9 Å². The molecular weight excluding hydrogens is 340 g/mol. The fourth-order valence-electron chi connectivity index (χ4n) is 3.61. The minimum absolute atomic E-state index is 0.0988. The van der Waals surface area contributed by atoms with Gasteiger partial charge in [-0.25, -0.2) is 0 Å². The first kappa shape index (κ1) is 19.0. The average molecular weight is 364 g/mol. The molecule has 0 fully saturated rings. The Morgan fingerprint density at radius 2 is 1.52 bits per heavy atom. The summed E-state index contributed by atoms with van der Waals surface area (Å²) in [6, 6.07) is 10.9. The molecule has 3 rings (SSSR count). The minimum Gasteiger partial charge on any atom is -0.469 e. The standard InChI is InChI=1S/C23H24O4/c1-14-7-9-16-18(12-14)21(25)17-10-8-15(13-19(17)22(16)26)23(2,3)11-5-6-20(24)27-4/h7-10,12-13H,5-6,11H2,1-4H3. The number of rotatable bonds is 5. The molecule has 27 heavy (non-hydrogen) atoms. The van der Waals surface area contributed by atoms with Gasteiger partial charge in [0.1, 0.15) is 0 Å². The summed E-state index contributed by atoms with van der Waals surface area (Å²) in [5, 5.41) is 0. The lowest BCUT2D eigenvalue weighted by molar-refractivity contribution is -0.140. The zero-order valence-electron chi connectivity index (χ0n) is 16.2. The van der Waals surface area contributed by atoms with Gasteiger partial charge in [0, 0.05) is 28.7 Å². The van der Waals surface area contributed by atoms with Gasteiger partial charge >= 0.3 is 5.97 Å². The molecule has 0 bridgehead atoms. The number of hydrogen-bond acceptors (Lipinski definition) is 4. The van der Waals surface area contributed by atoms with Gasteiger partial charge in [0.25, 0.3) is 0 Å². The van der Waals surface area contributed by atoms with Gasteiger partial charge in [0.05, 0.1) is 7.11 Å². The van der Waals surface area contributed by atoms with E-state index in [0.717, 1.165) is 17.5 Å². The Hall–Kier alpha value is -2.75. The third-order valence-corrected chi connectivity index (χ3v) is 5.36. The van der Waals surface area contributed by atoms with E-state index in [-0.39, 0.29) is 23.0 Å². The van der Waals surface area contributed by atoms with E-state index in [0.29, 0.717) is 35.1 Å². The van der Waals surface area contributed by atoms with Gasteiger partial charge < -0.3 is 4.74 Å². The van der Waals surface area contributed by atoms with Crippen molar-refractivity contribution in [3.8, 4) is 0 Å². The Bertz CT molecular complexity index is 937. The Labute approximate surface area is 159 Å². The molecule has 0 atom stereocenters. The summed E-state index contributed by atoms with van der Waals surface area (Å²) >= 11 is 0. The van der Waals surface area contributed by atoms with Crippen LogP contribution in [0.4, 0.5) is 0 Å². The monoisotopic (exact) mass is 364 g/mol. The quantitative estimate of drug-likeness (QED) is 0.630. The number of carbonyl (C=O) groups excluding carboxylic acids is 3. The molecule has 1 aliphatic carbocycles. The first-order valence-corrected chi connectivity index (χ1v) is 9.16. The van der Waals surface area contributed by atoms with Crippen molar-refractivity contribution >= 4 is 17.5 Å². The van der Waals surface area contributed by atoms with Crippen LogP contribution in [0.2, 0.25) is 0 Å². The molecule has 0 heterocycles. The maximum Gasteiger partial charge on any atom is 0.305 e. The second-order valence-electron chi connectivity index (χ2n) is 7.78. The third-order valence-electron chi connectivity index (χ3n) is 5.36. The highest BCUT2D eigenvalue weighted by Crippen LogP contribution is 2.34. The van der Waals surface area contributed by atoms with Crippen molar-refractivity contribution < 1.29 is 19.1 Å². The molecular formula is C23H24O4. The van der Waals surface area contributed by atoms with Gasteiger partial charge in [-0.15, -0.1) is 0 Å². The Balaban J connectivity index is 1.92. The van der Waals surface area contributed by atoms with Crippen LogP contribution in [0, 0.1) is 6.92 Å². The summed E-state index contributed by atoms with van der Waals surface area (Å²) in [5.74, 6) is -0.422. The highest BCUT2D eigenvalue weighted by Gasteiger charge is 2.31. The molecule has 0 radical (unpaired) electrons. The maximum atomic E-state index is 13.0. The van der Waals surface area contributed by atoms with E-state index in [1.54, 1.807) is 18.2 Å². The molecule has 2 aromatic carbocycles. The van der Waals surface area contributed by atoms with E-state index in [2.05, 4.69) is 13.8 Å². The van der Waals surface area contributed by atoms with Crippen LogP contribution < -0.4 is 0 Å². The van der Waals surface area contributed by atoms with Gasteiger partial charge in [0.2, 0.25) is 0 Å². The smallest absolute Gasteiger partial charge is 0.305 e. The molecule has 1 aliphatic rings. The number of aryl methyl sites for hydroxylation is 1. The van der Waals surface area contributed by atoms with Gasteiger partial charge in [-0.3, -0.25) is 14.4 Å². The van der Waals surface area contributed by atoms with E-state index in [4.69, 9.17) is 4.74 Å². The van der Waals surface area contributed by atoms with E-state index in [9.17, 15) is 14.4 Å². The van der Waals surface area contributed by atoms with Crippen LogP contribution in [0.3, 0.4) is 0 Å². The normalized spacial score (nSPS) is 13.2. The molecule has 0 aromatic heterocycles. The fourth-order valence-corrected chi connectivity index (χ4v) is 3.61. The summed E-state index contributed by atoms with van der Waals surface area (Å²) < 4.78 is 4.69. The molecule has 4 heteroatoms. The van der Waals surface area contributed by atoms with E-state index in [1.807, 2.05) is 25.1 Å². The van der Waals surface area contributed by atoms with Crippen molar-refractivity contribution in [1.29, 1.82) is 0 Å². The van der Waals surface area contributed by atoms with E-state index in [1.165, 1.54) is 7.11 Å². The molecule has 0 N–H and O–H groups in total. The fraction of sp³-hybridized carbons (Fsp3) is 0.348. The second kappa shape index (κ2) is 7.10. The summed E-state index contributed by atoms with van der Waals surface area (Å²) in [5.41, 5.74) is 3.61. The van der Waals surface area contributed by atoms with Crippen LogP contribution in [0.15, 0.2) is 36.4 Å². The van der Waals surface area contributed by atoms with Crippen molar-refractivity contribution in [1.82, 2.24) is 0 Å². The van der Waals surface area contributed by atoms with Crippen LogP contribution >= 0.6 is 0 Å². The molecule has 0 unspecified atom stereocenters. The number of ether oxygens (including phenoxy) is 1. The highest BCUT2D eigenvalue weighted by atomic mass is 16.5. The molecule has 0 saturated carbocycles. The summed E-state index contributed by atoms with van der Waals surface area (Å²) in [7, 11) is 1.39. The number of ketones is 2. The second-order valence-corrected chi connectivity index (χ2v) is 7.78. The zero-order valence-corrected chi connectivity index (χ0v) is 16.2. The lowest BCUT2D eigenvalue weighted by Gasteiger charge is -2.27. The van der Waals surface area contributed by atoms with Gasteiger partial charge in [0.15, 0.2) is 11.6 Å². The number of benzene rings is 2. The number of fused-ring (bicyclic) bond motifs is 2. The van der Waals surface area contributed by atoms with Crippen molar-refractivity contribution in [2.45, 2.75) is 45.4 Å². The Morgan fingerprint density at radius 1 is 0.926 bits per heavy atom. The number of esters is 1. The number of methoxy groups -OCH3 is 1. The average Bonchev–Trinajstić information content (AvgIpc) is 2.65. The first-order valence-electron chi connectivity index (χ1n) is 9.16. The van der Waals surface area contributed by atoms with Crippen molar-refractivity contribution in [3.63, 3.8) is 0 Å². The molecule has 140 valence electrons. The largest absolute Gasteiger partial charge is 0.469 e. The van der Waals surface area contributed by atoms with E-state index < -0.39 is 0 Å². The van der Waals surface area contributed by atoms with Crippen molar-refractivity contribution in [2.24, 2.45) is 0 Å². The predicted octanol–water partition coefficient (Wildman–Crippen LogP) is 4.39. The third kappa shape index (κ3) is 3.57. The van der Waals surface area contributed by atoms with Gasteiger partial charge in [-0.2, -0.15) is 0 Å².